The van der Waals surface area contributed by atoms with Crippen LogP contribution in [0.5, 0.6) is 5.75 Å². The lowest BCUT2D eigenvalue weighted by atomic mass is 9.84. The van der Waals surface area contributed by atoms with Gasteiger partial charge in [-0.2, -0.15) is 0 Å². The number of benzene rings is 1. The fraction of sp³-hybridized carbons (Fsp3) is 0.593. The van der Waals surface area contributed by atoms with E-state index >= 15 is 0 Å². The molecule has 2 aliphatic carbocycles. The summed E-state index contributed by atoms with van der Waals surface area (Å²) in [6.07, 6.45) is 16.4. The molecule has 1 heterocycles. The molecule has 0 bridgehead atoms. The third-order valence-corrected chi connectivity index (χ3v) is 8.09. The minimum absolute atomic E-state index is 0.0503. The van der Waals surface area contributed by atoms with E-state index in [1.165, 1.54) is 57.6 Å². The minimum atomic E-state index is -2.45. The average molecular weight is 501 g/mol. The number of hydrogen-bond donors (Lipinski definition) is 1. The number of carbonyl (C=O) groups is 1. The lowest BCUT2D eigenvalue weighted by Crippen LogP contribution is -2.50. The zero-order valence-electron chi connectivity index (χ0n) is 21.0. The number of nitrogens with zero attached hydrogens (tertiary/aromatic N) is 2. The van der Waals surface area contributed by atoms with Gasteiger partial charge in [-0.15, -0.1) is 0 Å². The van der Waals surface area contributed by atoms with Crippen LogP contribution in [-0.2, 0) is 11.3 Å². The molecule has 1 unspecified atom stereocenters. The van der Waals surface area contributed by atoms with Crippen LogP contribution in [0, 0.1) is 11.3 Å². The second-order valence-corrected chi connectivity index (χ2v) is 10.8. The summed E-state index contributed by atoms with van der Waals surface area (Å²) in [6.45, 7) is 6.30. The Kier molecular flexibility index (Phi) is 8.68. The van der Waals surface area contributed by atoms with Crippen LogP contribution in [0.1, 0.15) is 62.2 Å². The van der Waals surface area contributed by atoms with E-state index in [1.54, 1.807) is 18.2 Å². The zero-order chi connectivity index (χ0) is 24.8. The van der Waals surface area contributed by atoms with Gasteiger partial charge in [0.25, 0.3) is 5.91 Å². The van der Waals surface area contributed by atoms with E-state index < -0.39 is 11.3 Å². The van der Waals surface area contributed by atoms with Crippen LogP contribution in [0.3, 0.4) is 0 Å². The monoisotopic (exact) mass is 500 g/mol. The summed E-state index contributed by atoms with van der Waals surface area (Å²) in [5.41, 5.74) is 2.64. The topological polar surface area (TPSA) is 84.9 Å². The van der Waals surface area contributed by atoms with Crippen molar-refractivity contribution in [3.63, 3.8) is 0 Å². The largest absolute Gasteiger partial charge is 0.755 e. The maximum absolute atomic E-state index is 13.1. The zero-order valence-corrected chi connectivity index (χ0v) is 21.8. The van der Waals surface area contributed by atoms with Crippen LogP contribution < -0.4 is 9.46 Å². The molecule has 0 spiro atoms. The Morgan fingerprint density at radius 3 is 2.51 bits per heavy atom. The second-order valence-electron chi connectivity index (χ2n) is 10.1. The second kappa shape index (κ2) is 11.7. The van der Waals surface area contributed by atoms with E-state index in [0.29, 0.717) is 30.1 Å². The molecule has 7 nitrogen and oxygen atoms in total. The Bertz CT molecular complexity index is 975. The van der Waals surface area contributed by atoms with Crippen molar-refractivity contribution in [3.05, 3.63) is 47.6 Å². The Morgan fingerprint density at radius 2 is 1.91 bits per heavy atom. The highest BCUT2D eigenvalue weighted by molar-refractivity contribution is 7.80. The lowest BCUT2D eigenvalue weighted by molar-refractivity contribution is 0.0618. The first-order valence-corrected chi connectivity index (χ1v) is 13.9. The van der Waals surface area contributed by atoms with Crippen LogP contribution >= 0.6 is 0 Å². The average Bonchev–Trinajstić information content (AvgIpc) is 3.65. The first-order valence-electron chi connectivity index (χ1n) is 12.8. The summed E-state index contributed by atoms with van der Waals surface area (Å²) >= 11 is -2.45. The molecule has 0 aromatic heterocycles. The van der Waals surface area contributed by atoms with Gasteiger partial charge in [-0.1, -0.05) is 37.5 Å². The first kappa shape index (κ1) is 25.9. The molecular formula is C27H38N3O4S-. The van der Waals surface area contributed by atoms with Gasteiger partial charge in [-0.05, 0) is 62.3 Å². The van der Waals surface area contributed by atoms with Crippen molar-refractivity contribution in [1.82, 2.24) is 9.80 Å². The number of methoxy groups -OCH3 is 1. The molecule has 1 saturated heterocycles. The van der Waals surface area contributed by atoms with Crippen LogP contribution in [0.25, 0.3) is 0 Å². The quantitative estimate of drug-likeness (QED) is 0.398. The highest BCUT2D eigenvalue weighted by atomic mass is 32.2. The van der Waals surface area contributed by atoms with Crippen molar-refractivity contribution < 1.29 is 18.3 Å². The predicted molar refractivity (Wildman–Crippen MR) is 139 cm³/mol. The molecule has 35 heavy (non-hydrogen) atoms. The number of amides is 1. The standard InChI is InChI=1S/C27H39N3O4S/c1-3-7-23(18-21-8-5-4-6-9-21)27(12-13-27)20-29-14-16-30(17-15-29)26(31)22-10-11-24(28-35(32)33)25(19-22)34-2/h3,7,10-11,18-19,21,28H,4-6,8-9,12-17,20H2,1-2H3,(H,32,33)/p-1/b7-3-,23-18+. The van der Waals surface area contributed by atoms with Crippen LogP contribution in [0.2, 0.25) is 0 Å². The number of allylic oxidation sites excluding steroid dienone is 3. The summed E-state index contributed by atoms with van der Waals surface area (Å²) in [7, 11) is 1.46. The third kappa shape index (κ3) is 6.54. The minimum Gasteiger partial charge on any atom is -0.755 e. The summed E-state index contributed by atoms with van der Waals surface area (Å²) < 4.78 is 29.5. The van der Waals surface area contributed by atoms with Crippen molar-refractivity contribution in [2.75, 3.05) is 44.6 Å². The van der Waals surface area contributed by atoms with E-state index in [2.05, 4.69) is 34.8 Å². The van der Waals surface area contributed by atoms with Crippen molar-refractivity contribution in [2.24, 2.45) is 11.3 Å². The fourth-order valence-corrected chi connectivity index (χ4v) is 5.90. The Labute approximate surface area is 212 Å². The number of nitrogens with one attached hydrogen (secondary N) is 1. The molecule has 0 radical (unpaired) electrons. The van der Waals surface area contributed by atoms with E-state index in [9.17, 15) is 13.6 Å². The third-order valence-electron chi connectivity index (χ3n) is 7.70. The molecule has 1 N–H and O–H groups in total. The molecule has 4 rings (SSSR count). The van der Waals surface area contributed by atoms with E-state index in [-0.39, 0.29) is 11.3 Å². The summed E-state index contributed by atoms with van der Waals surface area (Å²) in [6, 6.07) is 4.81. The number of piperazine rings is 1. The molecular weight excluding hydrogens is 462 g/mol. The van der Waals surface area contributed by atoms with Gasteiger partial charge in [-0.3, -0.25) is 13.9 Å². The molecule has 1 atom stereocenters. The van der Waals surface area contributed by atoms with Crippen LogP contribution in [-0.4, -0.2) is 64.3 Å². The van der Waals surface area contributed by atoms with Crippen molar-refractivity contribution in [3.8, 4) is 5.75 Å². The van der Waals surface area contributed by atoms with Crippen molar-refractivity contribution >= 4 is 22.9 Å². The molecule has 3 fully saturated rings. The number of hydrogen-bond acceptors (Lipinski definition) is 5. The SMILES string of the molecule is C/C=C\C(=C/C1CCCCC1)C1(CN2CCN(C(=O)c3ccc(NS(=O)[O-])c(OC)c3)CC2)CC1. The highest BCUT2D eigenvalue weighted by Gasteiger charge is 2.46. The van der Waals surface area contributed by atoms with Gasteiger partial charge < -0.3 is 18.9 Å². The first-order chi connectivity index (χ1) is 16.9. The molecule has 3 aliphatic rings. The van der Waals surface area contributed by atoms with Crippen LogP contribution in [0.4, 0.5) is 5.69 Å². The smallest absolute Gasteiger partial charge is 0.254 e. The normalized spacial score (nSPS) is 22.3. The van der Waals surface area contributed by atoms with Crippen molar-refractivity contribution in [2.45, 2.75) is 51.9 Å². The fourth-order valence-electron chi connectivity index (χ4n) is 5.55. The summed E-state index contributed by atoms with van der Waals surface area (Å²) in [5, 5.41) is 0. The molecule has 1 aromatic rings. The number of carbonyl (C=O) groups excluding carboxylic acids is 1. The molecule has 192 valence electrons. The molecule has 2 saturated carbocycles. The Morgan fingerprint density at radius 1 is 1.20 bits per heavy atom. The van der Waals surface area contributed by atoms with E-state index in [1.807, 2.05) is 4.90 Å². The van der Waals surface area contributed by atoms with E-state index in [4.69, 9.17) is 4.74 Å². The van der Waals surface area contributed by atoms with Gasteiger partial charge in [0.1, 0.15) is 5.75 Å². The number of rotatable bonds is 9. The summed E-state index contributed by atoms with van der Waals surface area (Å²) in [5.74, 6) is 1.01. The summed E-state index contributed by atoms with van der Waals surface area (Å²) in [4.78, 5) is 17.5. The molecule has 8 heteroatoms. The maximum Gasteiger partial charge on any atom is 0.254 e. The molecule has 1 aliphatic heterocycles. The predicted octanol–water partition coefficient (Wildman–Crippen LogP) is 4.52. The lowest BCUT2D eigenvalue weighted by Gasteiger charge is -2.37. The molecule has 1 amide bonds. The van der Waals surface area contributed by atoms with Gasteiger partial charge in [0, 0.05) is 55.0 Å². The Balaban J connectivity index is 1.36. The van der Waals surface area contributed by atoms with E-state index in [0.717, 1.165) is 25.6 Å². The van der Waals surface area contributed by atoms with Gasteiger partial charge in [0.15, 0.2) is 0 Å². The van der Waals surface area contributed by atoms with Crippen LogP contribution in [0.15, 0.2) is 42.0 Å². The number of ether oxygens (including phenoxy) is 1. The van der Waals surface area contributed by atoms with Gasteiger partial charge in [0.05, 0.1) is 12.8 Å². The Hall–Kier alpha value is -2.16. The van der Waals surface area contributed by atoms with Crippen molar-refractivity contribution in [1.29, 1.82) is 0 Å². The highest BCUT2D eigenvalue weighted by Crippen LogP contribution is 2.53. The number of anilines is 1. The van der Waals surface area contributed by atoms with Gasteiger partial charge in [-0.25, -0.2) is 0 Å². The maximum atomic E-state index is 13.1. The van der Waals surface area contributed by atoms with Gasteiger partial charge in [0.2, 0.25) is 0 Å². The van der Waals surface area contributed by atoms with Gasteiger partial charge >= 0.3 is 0 Å². The molecule has 1 aromatic carbocycles.